The van der Waals surface area contributed by atoms with E-state index in [9.17, 15) is 4.79 Å². The molecular formula is C19H5Cl10NO2. The Morgan fingerprint density at radius 3 is 1.41 bits per heavy atom. The van der Waals surface area contributed by atoms with Crippen molar-refractivity contribution < 1.29 is 9.53 Å². The number of nitrogens with zero attached hydrogens (tertiary/aromatic N) is 1. The molecule has 0 aliphatic rings. The van der Waals surface area contributed by atoms with Crippen LogP contribution in [0.5, 0.6) is 0 Å². The molecule has 3 aromatic rings. The van der Waals surface area contributed by atoms with E-state index in [0.29, 0.717) is 0 Å². The minimum Gasteiger partial charge on any atom is -0.464 e. The second-order valence-corrected chi connectivity index (χ2v) is 9.75. The first-order valence-corrected chi connectivity index (χ1v) is 11.8. The predicted octanol–water partition coefficient (Wildman–Crippen LogP) is 10.7. The third-order valence-electron chi connectivity index (χ3n) is 4.22. The fraction of sp³-hybridized carbons (Fsp3) is 0.0526. The summed E-state index contributed by atoms with van der Waals surface area (Å²) in [6.45, 7) is 0. The number of pyridine rings is 1. The average molecular weight is 634 g/mol. The highest BCUT2D eigenvalue weighted by atomic mass is 35.5. The summed E-state index contributed by atoms with van der Waals surface area (Å²) in [5.74, 6) is -0.736. The zero-order valence-electron chi connectivity index (χ0n) is 15.2. The van der Waals surface area contributed by atoms with Crippen LogP contribution in [0.15, 0.2) is 12.1 Å². The lowest BCUT2D eigenvalue weighted by Crippen LogP contribution is -2.06. The second-order valence-electron chi connectivity index (χ2n) is 5.97. The first-order valence-electron chi connectivity index (χ1n) is 8.06. The maximum absolute atomic E-state index is 12.2. The number of hydrogen-bond acceptors (Lipinski definition) is 3. The molecule has 0 unspecified atom stereocenters. The number of methoxy groups -OCH3 is 1. The van der Waals surface area contributed by atoms with Gasteiger partial charge >= 0.3 is 5.97 Å². The fourth-order valence-corrected chi connectivity index (χ4v) is 5.38. The third kappa shape index (κ3) is 4.47. The van der Waals surface area contributed by atoms with Crippen LogP contribution in [0.4, 0.5) is 0 Å². The van der Waals surface area contributed by atoms with Crippen LogP contribution >= 0.6 is 116 Å². The molecule has 0 aliphatic heterocycles. The van der Waals surface area contributed by atoms with Crippen molar-refractivity contribution in [1.82, 2.24) is 4.98 Å². The van der Waals surface area contributed by atoms with Gasteiger partial charge in [-0.25, -0.2) is 9.78 Å². The smallest absolute Gasteiger partial charge is 0.356 e. The lowest BCUT2D eigenvalue weighted by Gasteiger charge is -2.19. The first kappa shape index (κ1) is 26.6. The molecule has 1 heterocycles. The molecule has 168 valence electrons. The molecule has 32 heavy (non-hydrogen) atoms. The van der Waals surface area contributed by atoms with Crippen LogP contribution < -0.4 is 0 Å². The van der Waals surface area contributed by atoms with Gasteiger partial charge in [0.25, 0.3) is 0 Å². The van der Waals surface area contributed by atoms with Crippen LogP contribution in [0.3, 0.4) is 0 Å². The number of carbonyl (C=O) groups excluding carboxylic acids is 1. The summed E-state index contributed by atoms with van der Waals surface area (Å²) in [6, 6.07) is 2.85. The fourth-order valence-electron chi connectivity index (χ4n) is 2.72. The molecule has 0 aliphatic carbocycles. The molecule has 0 bridgehead atoms. The Hall–Kier alpha value is -0.0400. The number of hydrogen-bond donors (Lipinski definition) is 0. The van der Waals surface area contributed by atoms with E-state index in [2.05, 4.69) is 4.98 Å². The summed E-state index contributed by atoms with van der Waals surface area (Å²) < 4.78 is 4.75. The summed E-state index contributed by atoms with van der Waals surface area (Å²) in [5, 5.41) is -0.600. The van der Waals surface area contributed by atoms with Crippen LogP contribution in [-0.2, 0) is 4.74 Å². The van der Waals surface area contributed by atoms with Gasteiger partial charge in [0.05, 0.1) is 63.0 Å². The second kappa shape index (κ2) is 10.3. The van der Waals surface area contributed by atoms with Gasteiger partial charge in [0.1, 0.15) is 5.69 Å². The normalized spacial score (nSPS) is 11.1. The van der Waals surface area contributed by atoms with Gasteiger partial charge in [-0.1, -0.05) is 116 Å². The van der Waals surface area contributed by atoms with Gasteiger partial charge in [-0.15, -0.1) is 0 Å². The minimum absolute atomic E-state index is 0.0293. The molecule has 13 heteroatoms. The van der Waals surface area contributed by atoms with E-state index in [4.69, 9.17) is 121 Å². The lowest BCUT2D eigenvalue weighted by molar-refractivity contribution is 0.0594. The molecule has 2 aromatic carbocycles. The molecule has 1 aromatic heterocycles. The summed E-state index contributed by atoms with van der Waals surface area (Å²) in [4.78, 5) is 16.5. The van der Waals surface area contributed by atoms with E-state index in [1.165, 1.54) is 19.2 Å². The van der Waals surface area contributed by atoms with Crippen LogP contribution in [0.25, 0.3) is 22.4 Å². The van der Waals surface area contributed by atoms with Crippen molar-refractivity contribution in [3.8, 4) is 22.4 Å². The standard InChI is InChI=1S/C19H5Cl10NO2/c1-32-19(31)5-3-2-4(6-8(20)12(24)16(28)13(25)9(6)21)18(30-5)7-10(22)14(26)17(29)15(27)11(7)23/h2-3H,1H3. The molecule has 0 spiro atoms. The van der Waals surface area contributed by atoms with Crippen molar-refractivity contribution in [3.63, 3.8) is 0 Å². The number of ether oxygens (including phenoxy) is 1. The Labute approximate surface area is 232 Å². The van der Waals surface area contributed by atoms with Crippen LogP contribution in [0.1, 0.15) is 10.5 Å². The Kier molecular flexibility index (Phi) is 8.54. The Bertz CT molecular complexity index is 1230. The molecular weight excluding hydrogens is 629 g/mol. The van der Waals surface area contributed by atoms with Gasteiger partial charge in [-0.2, -0.15) is 0 Å². The molecule has 3 rings (SSSR count). The first-order chi connectivity index (χ1) is 14.9. The number of esters is 1. The van der Waals surface area contributed by atoms with Crippen molar-refractivity contribution in [2.24, 2.45) is 0 Å². The van der Waals surface area contributed by atoms with Crippen molar-refractivity contribution in [1.29, 1.82) is 0 Å². The van der Waals surface area contributed by atoms with Gasteiger partial charge in [0, 0.05) is 16.7 Å². The Balaban J connectivity index is 2.53. The van der Waals surface area contributed by atoms with E-state index in [1.807, 2.05) is 0 Å². The minimum atomic E-state index is -0.736. The largest absolute Gasteiger partial charge is 0.464 e. The van der Waals surface area contributed by atoms with Crippen molar-refractivity contribution >= 4 is 122 Å². The molecule has 3 nitrogen and oxygen atoms in total. The number of carbonyl (C=O) groups is 1. The van der Waals surface area contributed by atoms with E-state index in [0.717, 1.165) is 0 Å². The maximum atomic E-state index is 12.2. The van der Waals surface area contributed by atoms with E-state index in [1.54, 1.807) is 0 Å². The highest BCUT2D eigenvalue weighted by molar-refractivity contribution is 6.58. The molecule has 0 saturated heterocycles. The summed E-state index contributed by atoms with van der Waals surface area (Å²) in [5.41, 5.74) is 0.399. The van der Waals surface area contributed by atoms with Gasteiger partial charge in [-0.3, -0.25) is 0 Å². The van der Waals surface area contributed by atoms with Crippen molar-refractivity contribution in [3.05, 3.63) is 68.1 Å². The topological polar surface area (TPSA) is 39.2 Å². The molecule has 0 saturated carbocycles. The summed E-state index contributed by atoms with van der Waals surface area (Å²) in [7, 11) is 1.19. The number of halogens is 10. The zero-order chi connectivity index (χ0) is 24.1. The molecule has 0 N–H and O–H groups in total. The highest BCUT2D eigenvalue weighted by Gasteiger charge is 2.28. The molecule has 0 fully saturated rings. The Morgan fingerprint density at radius 1 is 0.625 bits per heavy atom. The zero-order valence-corrected chi connectivity index (χ0v) is 22.8. The molecule has 0 amide bonds. The number of benzene rings is 2. The van der Waals surface area contributed by atoms with Crippen LogP contribution in [-0.4, -0.2) is 18.1 Å². The average Bonchev–Trinajstić information content (AvgIpc) is 2.79. The molecule has 0 atom stereocenters. The van der Waals surface area contributed by atoms with E-state index >= 15 is 0 Å². The monoisotopic (exact) mass is 629 g/mol. The van der Waals surface area contributed by atoms with Crippen LogP contribution in [0.2, 0.25) is 50.2 Å². The summed E-state index contributed by atoms with van der Waals surface area (Å²) >= 11 is 62.9. The van der Waals surface area contributed by atoms with Crippen molar-refractivity contribution in [2.45, 2.75) is 0 Å². The van der Waals surface area contributed by atoms with Gasteiger partial charge in [0.15, 0.2) is 0 Å². The van der Waals surface area contributed by atoms with E-state index < -0.39 is 5.97 Å². The van der Waals surface area contributed by atoms with E-state index in [-0.39, 0.29) is 78.3 Å². The van der Waals surface area contributed by atoms with Gasteiger partial charge in [-0.05, 0) is 12.1 Å². The quantitative estimate of drug-likeness (QED) is 0.164. The predicted molar refractivity (Wildman–Crippen MR) is 137 cm³/mol. The number of aromatic nitrogens is 1. The summed E-state index contributed by atoms with van der Waals surface area (Å²) in [6.07, 6.45) is 0. The van der Waals surface area contributed by atoms with Gasteiger partial charge < -0.3 is 4.74 Å². The third-order valence-corrected chi connectivity index (χ3v) is 8.77. The SMILES string of the molecule is COC(=O)c1ccc(-c2c(Cl)c(Cl)c(Cl)c(Cl)c2Cl)c(-c2c(Cl)c(Cl)c(Cl)c(Cl)c2Cl)n1. The lowest BCUT2D eigenvalue weighted by atomic mass is 9.98. The Morgan fingerprint density at radius 2 is 1.00 bits per heavy atom. The number of rotatable bonds is 3. The van der Waals surface area contributed by atoms with Crippen LogP contribution in [0, 0.1) is 0 Å². The maximum Gasteiger partial charge on any atom is 0.356 e. The molecule has 0 radical (unpaired) electrons. The highest BCUT2D eigenvalue weighted by Crippen LogP contribution is 2.53. The van der Waals surface area contributed by atoms with Crippen molar-refractivity contribution in [2.75, 3.05) is 7.11 Å². The van der Waals surface area contributed by atoms with Gasteiger partial charge in [0.2, 0.25) is 0 Å².